The van der Waals surface area contributed by atoms with Crippen molar-refractivity contribution >= 4 is 18.4 Å². The van der Waals surface area contributed by atoms with Crippen molar-refractivity contribution in [1.29, 1.82) is 0 Å². The molecule has 0 amide bonds. The van der Waals surface area contributed by atoms with E-state index < -0.39 is 12.7 Å². The summed E-state index contributed by atoms with van der Waals surface area (Å²) in [4.78, 5) is 12.3. The molecular formula is C20H31BO4. The summed E-state index contributed by atoms with van der Waals surface area (Å²) in [5.41, 5.74) is -0.621. The Hall–Kier alpha value is -1.33. The zero-order valence-corrected chi connectivity index (χ0v) is 16.8. The molecule has 0 atom stereocenters. The van der Waals surface area contributed by atoms with Crippen LogP contribution in [0.2, 0.25) is 0 Å². The molecule has 0 aromatic heterocycles. The normalized spacial score (nSPS) is 19.3. The highest BCUT2D eigenvalue weighted by atomic mass is 16.7. The molecule has 4 nitrogen and oxygen atoms in total. The van der Waals surface area contributed by atoms with Gasteiger partial charge in [0.25, 0.3) is 0 Å². The van der Waals surface area contributed by atoms with E-state index in [0.717, 1.165) is 5.46 Å². The Kier molecular flexibility index (Phi) is 5.41. The predicted molar refractivity (Wildman–Crippen MR) is 101 cm³/mol. The van der Waals surface area contributed by atoms with Crippen LogP contribution in [0.1, 0.15) is 61.8 Å². The molecule has 0 aliphatic carbocycles. The average molecular weight is 346 g/mol. The fourth-order valence-corrected chi connectivity index (χ4v) is 2.64. The monoisotopic (exact) mass is 346 g/mol. The van der Waals surface area contributed by atoms with Crippen LogP contribution in [-0.4, -0.2) is 29.7 Å². The van der Waals surface area contributed by atoms with Gasteiger partial charge in [0.15, 0.2) is 11.4 Å². The van der Waals surface area contributed by atoms with Crippen molar-refractivity contribution in [2.45, 2.75) is 78.6 Å². The molecule has 1 aliphatic rings. The molecule has 5 heteroatoms. The van der Waals surface area contributed by atoms with E-state index in [0.29, 0.717) is 18.1 Å². The molecule has 138 valence electrons. The third kappa shape index (κ3) is 4.45. The summed E-state index contributed by atoms with van der Waals surface area (Å²) in [6.45, 7) is 15.8. The molecule has 1 aromatic rings. The van der Waals surface area contributed by atoms with Gasteiger partial charge in [-0.05, 0) is 65.1 Å². The maximum Gasteiger partial charge on any atom is 0.494 e. The minimum Gasteiger partial charge on any atom is -0.480 e. The van der Waals surface area contributed by atoms with E-state index in [1.807, 2.05) is 79.7 Å². The number of hydrogen-bond donors (Lipinski definition) is 0. The lowest BCUT2D eigenvalue weighted by molar-refractivity contribution is -0.132. The third-order valence-electron chi connectivity index (χ3n) is 5.04. The van der Waals surface area contributed by atoms with Gasteiger partial charge in [-0.3, -0.25) is 4.79 Å². The highest BCUT2D eigenvalue weighted by Crippen LogP contribution is 2.36. The van der Waals surface area contributed by atoms with Crippen molar-refractivity contribution in [1.82, 2.24) is 0 Å². The van der Waals surface area contributed by atoms with Gasteiger partial charge in [0.1, 0.15) is 5.75 Å². The van der Waals surface area contributed by atoms with Crippen LogP contribution in [0.3, 0.4) is 0 Å². The van der Waals surface area contributed by atoms with Gasteiger partial charge in [-0.15, -0.1) is 0 Å². The molecule has 1 aliphatic heterocycles. The van der Waals surface area contributed by atoms with Crippen LogP contribution in [0.4, 0.5) is 0 Å². The highest BCUT2D eigenvalue weighted by molar-refractivity contribution is 6.62. The molecule has 1 fully saturated rings. The van der Waals surface area contributed by atoms with Crippen LogP contribution in [0, 0.1) is 5.92 Å². The molecule has 1 heterocycles. The van der Waals surface area contributed by atoms with Gasteiger partial charge in [0, 0.05) is 6.42 Å². The molecule has 0 bridgehead atoms. The van der Waals surface area contributed by atoms with E-state index in [2.05, 4.69) is 0 Å². The Morgan fingerprint density at radius 3 is 2.00 bits per heavy atom. The zero-order chi connectivity index (χ0) is 19.0. The van der Waals surface area contributed by atoms with Crippen LogP contribution >= 0.6 is 0 Å². The number of carbonyl (C=O) groups excluding carboxylic acids is 1. The van der Waals surface area contributed by atoms with E-state index in [9.17, 15) is 4.79 Å². The molecule has 0 N–H and O–H groups in total. The van der Waals surface area contributed by atoms with Crippen LogP contribution in [0.25, 0.3) is 0 Å². The van der Waals surface area contributed by atoms with Crippen LogP contribution in [-0.2, 0) is 14.1 Å². The Labute approximate surface area is 152 Å². The first-order valence-electron chi connectivity index (χ1n) is 9.02. The first-order valence-corrected chi connectivity index (χ1v) is 9.02. The summed E-state index contributed by atoms with van der Waals surface area (Å²) in [5.74, 6) is 1.10. The Morgan fingerprint density at radius 1 is 1.08 bits per heavy atom. The first kappa shape index (κ1) is 20.0. The average Bonchev–Trinajstić information content (AvgIpc) is 2.67. The molecule has 2 rings (SSSR count). The van der Waals surface area contributed by atoms with E-state index in [-0.39, 0.29) is 17.0 Å². The smallest absolute Gasteiger partial charge is 0.480 e. The largest absolute Gasteiger partial charge is 0.494 e. The van der Waals surface area contributed by atoms with E-state index >= 15 is 0 Å². The molecule has 0 saturated carbocycles. The van der Waals surface area contributed by atoms with Crippen molar-refractivity contribution in [2.24, 2.45) is 5.92 Å². The Balaban J connectivity index is 2.07. The van der Waals surface area contributed by atoms with Crippen molar-refractivity contribution in [2.75, 3.05) is 0 Å². The van der Waals surface area contributed by atoms with E-state index in [4.69, 9.17) is 14.0 Å². The quantitative estimate of drug-likeness (QED) is 0.736. The van der Waals surface area contributed by atoms with Gasteiger partial charge in [-0.1, -0.05) is 26.0 Å². The molecule has 0 radical (unpaired) electrons. The van der Waals surface area contributed by atoms with Gasteiger partial charge in [-0.2, -0.15) is 0 Å². The van der Waals surface area contributed by atoms with Crippen LogP contribution in [0.5, 0.6) is 5.75 Å². The van der Waals surface area contributed by atoms with E-state index in [1.165, 1.54) is 0 Å². The summed E-state index contributed by atoms with van der Waals surface area (Å²) >= 11 is 0. The summed E-state index contributed by atoms with van der Waals surface area (Å²) in [7, 11) is -0.394. The van der Waals surface area contributed by atoms with Crippen molar-refractivity contribution in [3.05, 3.63) is 24.3 Å². The fourth-order valence-electron chi connectivity index (χ4n) is 2.64. The van der Waals surface area contributed by atoms with Gasteiger partial charge < -0.3 is 14.0 Å². The molecule has 0 unspecified atom stereocenters. The lowest BCUT2D eigenvalue weighted by Crippen LogP contribution is -2.41. The number of carbonyl (C=O) groups is 1. The number of ketones is 1. The third-order valence-corrected chi connectivity index (χ3v) is 5.04. The Bertz CT molecular complexity index is 601. The second-order valence-corrected chi connectivity index (χ2v) is 8.79. The second-order valence-electron chi connectivity index (χ2n) is 8.79. The minimum atomic E-state index is -0.837. The lowest BCUT2D eigenvalue weighted by Gasteiger charge is -2.32. The predicted octanol–water partition coefficient (Wildman–Crippen LogP) is 3.76. The standard InChI is InChI=1S/C20H31BO4/c1-14(2)13-17(22)18(3,4)23-16-11-9-15(10-12-16)21-24-19(5,6)20(7,8)25-21/h9-12,14H,13H2,1-8H3. The molecular weight excluding hydrogens is 315 g/mol. The summed E-state index contributed by atoms with van der Waals surface area (Å²) in [6, 6.07) is 7.59. The number of benzene rings is 1. The molecule has 0 spiro atoms. The number of ether oxygens (including phenoxy) is 1. The Morgan fingerprint density at radius 2 is 1.56 bits per heavy atom. The van der Waals surface area contributed by atoms with Crippen molar-refractivity contribution < 1.29 is 18.8 Å². The van der Waals surface area contributed by atoms with E-state index in [1.54, 1.807) is 0 Å². The summed E-state index contributed by atoms with van der Waals surface area (Å²) in [6.07, 6.45) is 0.513. The SMILES string of the molecule is CC(C)CC(=O)C(C)(C)Oc1ccc(B2OC(C)(C)C(C)(C)O2)cc1. The van der Waals surface area contributed by atoms with Gasteiger partial charge in [0.05, 0.1) is 11.2 Å². The summed E-state index contributed by atoms with van der Waals surface area (Å²) < 4.78 is 18.0. The van der Waals surface area contributed by atoms with Crippen molar-refractivity contribution in [3.8, 4) is 5.75 Å². The van der Waals surface area contributed by atoms with Gasteiger partial charge in [0.2, 0.25) is 0 Å². The summed E-state index contributed by atoms with van der Waals surface area (Å²) in [5, 5.41) is 0. The van der Waals surface area contributed by atoms with Gasteiger partial charge in [-0.25, -0.2) is 0 Å². The minimum absolute atomic E-state index is 0.109. The molecule has 25 heavy (non-hydrogen) atoms. The number of Topliss-reactive ketones (excluding diaryl/α,β-unsaturated/α-hetero) is 1. The first-order chi connectivity index (χ1) is 11.3. The topological polar surface area (TPSA) is 44.8 Å². The van der Waals surface area contributed by atoms with Gasteiger partial charge >= 0.3 is 7.12 Å². The maximum absolute atomic E-state index is 12.3. The second kappa shape index (κ2) is 6.77. The van der Waals surface area contributed by atoms with Crippen LogP contribution < -0.4 is 10.2 Å². The highest BCUT2D eigenvalue weighted by Gasteiger charge is 2.51. The number of rotatable bonds is 6. The molecule has 1 aromatic carbocycles. The molecule has 1 saturated heterocycles. The maximum atomic E-state index is 12.3. The van der Waals surface area contributed by atoms with Crippen LogP contribution in [0.15, 0.2) is 24.3 Å². The number of hydrogen-bond acceptors (Lipinski definition) is 4. The zero-order valence-electron chi connectivity index (χ0n) is 16.8. The lowest BCUT2D eigenvalue weighted by atomic mass is 9.79. The van der Waals surface area contributed by atoms with Crippen molar-refractivity contribution in [3.63, 3.8) is 0 Å². The fraction of sp³-hybridized carbons (Fsp3) is 0.650.